The number of piperidine rings is 1. The van der Waals surface area contributed by atoms with Crippen molar-refractivity contribution >= 4 is 23.0 Å². The zero-order valence-corrected chi connectivity index (χ0v) is 15.7. The Bertz CT molecular complexity index is 785. The maximum Gasteiger partial charge on any atom is 0.226 e. The van der Waals surface area contributed by atoms with Gasteiger partial charge in [0.1, 0.15) is 0 Å². The molecule has 1 heterocycles. The number of rotatable bonds is 6. The summed E-state index contributed by atoms with van der Waals surface area (Å²) in [6, 6.07) is 17.4. The van der Waals surface area contributed by atoms with Crippen LogP contribution in [0.1, 0.15) is 31.7 Å². The molecule has 27 heavy (non-hydrogen) atoms. The van der Waals surface area contributed by atoms with Crippen molar-refractivity contribution in [3.63, 3.8) is 0 Å². The minimum absolute atomic E-state index is 0.0498. The van der Waals surface area contributed by atoms with E-state index < -0.39 is 0 Å². The van der Waals surface area contributed by atoms with Gasteiger partial charge in [0.05, 0.1) is 11.6 Å². The van der Waals surface area contributed by atoms with Crippen LogP contribution in [-0.2, 0) is 4.79 Å². The molecule has 0 unspecified atom stereocenters. The fraction of sp³-hybridized carbons (Fsp3) is 0.364. The molecule has 2 N–H and O–H groups in total. The molecule has 0 radical (unpaired) electrons. The fourth-order valence-electron chi connectivity index (χ4n) is 3.23. The first kappa shape index (κ1) is 18.8. The van der Waals surface area contributed by atoms with Gasteiger partial charge in [0.25, 0.3) is 0 Å². The van der Waals surface area contributed by atoms with Crippen LogP contribution in [0.25, 0.3) is 0 Å². The Balaban J connectivity index is 1.42. The van der Waals surface area contributed by atoms with Crippen molar-refractivity contribution in [2.75, 3.05) is 35.2 Å². The summed E-state index contributed by atoms with van der Waals surface area (Å²) in [6.07, 6.45) is 2.90. The van der Waals surface area contributed by atoms with E-state index in [1.54, 1.807) is 24.3 Å². The summed E-state index contributed by atoms with van der Waals surface area (Å²) < 4.78 is 0. The van der Waals surface area contributed by atoms with Crippen LogP contribution in [0.15, 0.2) is 48.5 Å². The molecule has 1 aliphatic heterocycles. The number of carbonyl (C=O) groups is 1. The van der Waals surface area contributed by atoms with Gasteiger partial charge in [0.2, 0.25) is 5.91 Å². The average Bonchev–Trinajstić information content (AvgIpc) is 2.70. The van der Waals surface area contributed by atoms with Crippen molar-refractivity contribution in [1.82, 2.24) is 0 Å². The summed E-state index contributed by atoms with van der Waals surface area (Å²) in [6.45, 7) is 5.15. The molecule has 0 spiro atoms. The van der Waals surface area contributed by atoms with Crippen molar-refractivity contribution in [3.05, 3.63) is 54.1 Å². The molecule has 5 heteroatoms. The molecule has 5 nitrogen and oxygen atoms in total. The van der Waals surface area contributed by atoms with E-state index in [4.69, 9.17) is 5.26 Å². The second-order valence-electron chi connectivity index (χ2n) is 7.13. The number of nitrogens with zero attached hydrogens (tertiary/aromatic N) is 2. The van der Waals surface area contributed by atoms with Gasteiger partial charge in [-0.05, 0) is 67.3 Å². The monoisotopic (exact) mass is 362 g/mol. The smallest absolute Gasteiger partial charge is 0.226 e. The van der Waals surface area contributed by atoms with Crippen LogP contribution in [0, 0.1) is 17.2 Å². The molecular formula is C22H26N4O. The number of benzene rings is 2. The average molecular weight is 362 g/mol. The molecule has 1 amide bonds. The van der Waals surface area contributed by atoms with E-state index in [-0.39, 0.29) is 5.91 Å². The van der Waals surface area contributed by atoms with Gasteiger partial charge in [-0.3, -0.25) is 4.79 Å². The van der Waals surface area contributed by atoms with E-state index in [9.17, 15) is 4.79 Å². The topological polar surface area (TPSA) is 68.2 Å². The highest BCUT2D eigenvalue weighted by Crippen LogP contribution is 2.24. The molecule has 1 fully saturated rings. The van der Waals surface area contributed by atoms with Gasteiger partial charge < -0.3 is 15.5 Å². The van der Waals surface area contributed by atoms with E-state index >= 15 is 0 Å². The normalized spacial score (nSPS) is 14.4. The van der Waals surface area contributed by atoms with Crippen LogP contribution < -0.4 is 15.5 Å². The van der Waals surface area contributed by atoms with Crippen LogP contribution in [0.2, 0.25) is 0 Å². The summed E-state index contributed by atoms with van der Waals surface area (Å²) in [4.78, 5) is 14.5. The Morgan fingerprint density at radius 2 is 1.70 bits per heavy atom. The van der Waals surface area contributed by atoms with Gasteiger partial charge in [-0.2, -0.15) is 5.26 Å². The summed E-state index contributed by atoms with van der Waals surface area (Å²) in [7, 11) is 0. The number of anilines is 3. The summed E-state index contributed by atoms with van der Waals surface area (Å²) >= 11 is 0. The van der Waals surface area contributed by atoms with Crippen molar-refractivity contribution < 1.29 is 4.79 Å². The third kappa shape index (κ3) is 5.49. The molecule has 2 aromatic rings. The van der Waals surface area contributed by atoms with Crippen molar-refractivity contribution in [3.8, 4) is 6.07 Å². The zero-order chi connectivity index (χ0) is 19.1. The van der Waals surface area contributed by atoms with Gasteiger partial charge in [-0.25, -0.2) is 0 Å². The first-order valence-corrected chi connectivity index (χ1v) is 9.53. The molecule has 0 aliphatic carbocycles. The largest absolute Gasteiger partial charge is 0.385 e. The lowest BCUT2D eigenvalue weighted by molar-refractivity contribution is -0.115. The Morgan fingerprint density at radius 1 is 1.07 bits per heavy atom. The predicted octanol–water partition coefficient (Wildman–Crippen LogP) is 4.24. The molecule has 3 rings (SSSR count). The van der Waals surface area contributed by atoms with E-state index in [1.807, 2.05) is 0 Å². The highest BCUT2D eigenvalue weighted by molar-refractivity contribution is 5.91. The number of nitrogens with one attached hydrogen (secondary N) is 2. The first-order chi connectivity index (χ1) is 13.1. The molecule has 2 aromatic carbocycles. The van der Waals surface area contributed by atoms with Gasteiger partial charge in [-0.15, -0.1) is 0 Å². The number of hydrogen-bond donors (Lipinski definition) is 2. The second-order valence-corrected chi connectivity index (χ2v) is 7.13. The summed E-state index contributed by atoms with van der Waals surface area (Å²) in [5.74, 6) is 0.781. The van der Waals surface area contributed by atoms with E-state index in [0.717, 1.165) is 24.7 Å². The molecule has 0 atom stereocenters. The Kier molecular flexibility index (Phi) is 6.32. The van der Waals surface area contributed by atoms with Crippen LogP contribution in [0.3, 0.4) is 0 Å². The van der Waals surface area contributed by atoms with Gasteiger partial charge >= 0.3 is 0 Å². The highest BCUT2D eigenvalue weighted by atomic mass is 16.1. The second kappa shape index (κ2) is 9.09. The molecule has 1 aliphatic rings. The number of nitriles is 1. The lowest BCUT2D eigenvalue weighted by Gasteiger charge is -2.32. The van der Waals surface area contributed by atoms with E-state index in [0.29, 0.717) is 24.2 Å². The highest BCUT2D eigenvalue weighted by Gasteiger charge is 2.15. The van der Waals surface area contributed by atoms with E-state index in [1.165, 1.54) is 18.5 Å². The molecule has 0 aromatic heterocycles. The minimum Gasteiger partial charge on any atom is -0.385 e. The van der Waals surface area contributed by atoms with Crippen LogP contribution in [-0.4, -0.2) is 25.5 Å². The molecule has 0 saturated carbocycles. The third-order valence-electron chi connectivity index (χ3n) is 5.00. The third-order valence-corrected chi connectivity index (χ3v) is 5.00. The number of amides is 1. The van der Waals surface area contributed by atoms with Crippen LogP contribution >= 0.6 is 0 Å². The first-order valence-electron chi connectivity index (χ1n) is 9.53. The molecule has 140 valence electrons. The predicted molar refractivity (Wildman–Crippen MR) is 110 cm³/mol. The lowest BCUT2D eigenvalue weighted by atomic mass is 9.99. The number of carbonyl (C=O) groups excluding carboxylic acids is 1. The van der Waals surface area contributed by atoms with Gasteiger partial charge in [-0.1, -0.05) is 6.92 Å². The Morgan fingerprint density at radius 3 is 2.33 bits per heavy atom. The minimum atomic E-state index is -0.0498. The van der Waals surface area contributed by atoms with Crippen molar-refractivity contribution in [2.24, 2.45) is 5.92 Å². The quantitative estimate of drug-likeness (QED) is 0.807. The van der Waals surface area contributed by atoms with E-state index in [2.05, 4.69) is 52.8 Å². The van der Waals surface area contributed by atoms with Crippen LogP contribution in [0.4, 0.5) is 17.1 Å². The SMILES string of the molecule is CC1CCN(c2ccc(NCCC(=O)Nc3ccc(C#N)cc3)cc2)CC1. The van der Waals surface area contributed by atoms with Gasteiger partial charge in [0.15, 0.2) is 0 Å². The molecular weight excluding hydrogens is 336 g/mol. The molecule has 0 bridgehead atoms. The van der Waals surface area contributed by atoms with Crippen molar-refractivity contribution in [1.29, 1.82) is 5.26 Å². The maximum absolute atomic E-state index is 12.0. The zero-order valence-electron chi connectivity index (χ0n) is 15.7. The Hall–Kier alpha value is -3.00. The summed E-state index contributed by atoms with van der Waals surface area (Å²) in [5.41, 5.74) is 3.58. The van der Waals surface area contributed by atoms with Gasteiger partial charge in [0, 0.05) is 43.1 Å². The number of hydrogen-bond acceptors (Lipinski definition) is 4. The maximum atomic E-state index is 12.0. The standard InChI is InChI=1S/C22H26N4O/c1-17-11-14-26(15-12-17)21-8-6-19(7-9-21)24-13-10-22(27)25-20-4-2-18(16-23)3-5-20/h2-9,17,24H,10-15H2,1H3,(H,25,27). The molecule has 1 saturated heterocycles. The fourth-order valence-corrected chi connectivity index (χ4v) is 3.23. The Labute approximate surface area is 161 Å². The lowest BCUT2D eigenvalue weighted by Crippen LogP contribution is -2.32. The summed E-state index contributed by atoms with van der Waals surface area (Å²) in [5, 5.41) is 14.9. The van der Waals surface area contributed by atoms with Crippen LogP contribution in [0.5, 0.6) is 0 Å². The van der Waals surface area contributed by atoms with Crippen molar-refractivity contribution in [2.45, 2.75) is 26.2 Å².